The number of hydrogen-bond donors (Lipinski definition) is 1. The molecule has 0 radical (unpaired) electrons. The molecule has 0 bridgehead atoms. The van der Waals surface area contributed by atoms with E-state index < -0.39 is 15.9 Å². The number of nitrogens with two attached hydrogens (primary N) is 1. The van der Waals surface area contributed by atoms with Gasteiger partial charge in [-0.1, -0.05) is 17.7 Å². The van der Waals surface area contributed by atoms with Gasteiger partial charge in [0.25, 0.3) is 5.91 Å². The molecule has 0 heterocycles. The van der Waals surface area contributed by atoms with Crippen molar-refractivity contribution in [1.29, 1.82) is 0 Å². The van der Waals surface area contributed by atoms with Crippen LogP contribution in [0.5, 0.6) is 0 Å². The predicted octanol–water partition coefficient (Wildman–Crippen LogP) is 1.10. The Kier molecular flexibility index (Phi) is 5.94. The predicted molar refractivity (Wildman–Crippen MR) is 76.3 cm³/mol. The molecule has 0 saturated heterocycles. The van der Waals surface area contributed by atoms with E-state index in [1.165, 1.54) is 30.1 Å². The molecular weight excluding hydrogens is 304 g/mol. The third-order valence-electron chi connectivity index (χ3n) is 2.62. The molecule has 0 fully saturated rings. The van der Waals surface area contributed by atoms with Crippen LogP contribution in [-0.4, -0.2) is 46.0 Å². The van der Waals surface area contributed by atoms with Crippen molar-refractivity contribution < 1.29 is 17.9 Å². The first kappa shape index (κ1) is 16.9. The Hall–Kier alpha value is -1.15. The molecule has 0 unspecified atom stereocenters. The van der Waals surface area contributed by atoms with Gasteiger partial charge in [-0.15, -0.1) is 0 Å². The zero-order chi connectivity index (χ0) is 15.3. The summed E-state index contributed by atoms with van der Waals surface area (Å²) in [7, 11) is -2.48. The highest BCUT2D eigenvalue weighted by atomic mass is 35.5. The van der Waals surface area contributed by atoms with Gasteiger partial charge in [0.05, 0.1) is 22.1 Å². The van der Waals surface area contributed by atoms with E-state index >= 15 is 0 Å². The summed E-state index contributed by atoms with van der Waals surface area (Å²) in [6.45, 7) is 3.06. The molecule has 1 rings (SSSR count). The molecule has 112 valence electrons. The number of rotatable bonds is 6. The molecule has 0 aliphatic heterocycles. The fourth-order valence-corrected chi connectivity index (χ4v) is 2.65. The minimum Gasteiger partial charge on any atom is -0.380 e. The molecule has 1 aromatic carbocycles. The molecule has 6 nitrogen and oxygen atoms in total. The van der Waals surface area contributed by atoms with E-state index in [4.69, 9.17) is 21.5 Å². The summed E-state index contributed by atoms with van der Waals surface area (Å²) >= 11 is 5.94. The molecule has 0 aromatic heterocycles. The molecule has 0 aliphatic carbocycles. The Morgan fingerprint density at radius 1 is 1.45 bits per heavy atom. The Balaban J connectivity index is 3.10. The zero-order valence-electron chi connectivity index (χ0n) is 11.3. The lowest BCUT2D eigenvalue weighted by Gasteiger charge is -2.19. The van der Waals surface area contributed by atoms with Crippen LogP contribution in [0.2, 0.25) is 5.02 Å². The van der Waals surface area contributed by atoms with E-state index in [1.807, 2.05) is 6.92 Å². The number of ether oxygens (including phenoxy) is 1. The lowest BCUT2D eigenvalue weighted by molar-refractivity contribution is 0.0706. The van der Waals surface area contributed by atoms with Gasteiger partial charge in [0, 0.05) is 20.2 Å². The van der Waals surface area contributed by atoms with Gasteiger partial charge in [0.15, 0.2) is 0 Å². The lowest BCUT2D eigenvalue weighted by Crippen LogP contribution is -2.32. The van der Waals surface area contributed by atoms with Crippen molar-refractivity contribution in [1.82, 2.24) is 4.90 Å². The second-order valence-electron chi connectivity index (χ2n) is 4.08. The molecular formula is C12H17ClN2O4S. The first-order chi connectivity index (χ1) is 9.29. The van der Waals surface area contributed by atoms with Gasteiger partial charge < -0.3 is 9.64 Å². The monoisotopic (exact) mass is 320 g/mol. The standard InChI is InChI=1S/C12H17ClN2O4S/c1-3-19-8-7-15(2)12(16)11-9(13)5-4-6-10(11)20(14,17)18/h4-6H,3,7-8H2,1-2H3,(H2,14,17,18). The van der Waals surface area contributed by atoms with Crippen LogP contribution in [0.25, 0.3) is 0 Å². The van der Waals surface area contributed by atoms with Gasteiger partial charge in [-0.2, -0.15) is 0 Å². The highest BCUT2D eigenvalue weighted by molar-refractivity contribution is 7.89. The van der Waals surface area contributed by atoms with E-state index in [1.54, 1.807) is 0 Å². The quantitative estimate of drug-likeness (QED) is 0.795. The molecule has 1 aromatic rings. The fraction of sp³-hybridized carbons (Fsp3) is 0.417. The summed E-state index contributed by atoms with van der Waals surface area (Å²) in [5.74, 6) is -0.515. The third kappa shape index (κ3) is 4.17. The summed E-state index contributed by atoms with van der Waals surface area (Å²) in [6, 6.07) is 4.13. The van der Waals surface area contributed by atoms with Gasteiger partial charge >= 0.3 is 0 Å². The van der Waals surface area contributed by atoms with E-state index in [9.17, 15) is 13.2 Å². The van der Waals surface area contributed by atoms with Gasteiger partial charge in [-0.05, 0) is 19.1 Å². The smallest absolute Gasteiger partial charge is 0.256 e. The summed E-state index contributed by atoms with van der Waals surface area (Å²) in [5.41, 5.74) is -0.115. The molecule has 20 heavy (non-hydrogen) atoms. The first-order valence-corrected chi connectivity index (χ1v) is 7.86. The van der Waals surface area contributed by atoms with Crippen LogP contribution in [0, 0.1) is 0 Å². The Morgan fingerprint density at radius 2 is 2.10 bits per heavy atom. The number of primary sulfonamides is 1. The SMILES string of the molecule is CCOCCN(C)C(=O)c1c(Cl)cccc1S(N)(=O)=O. The van der Waals surface area contributed by atoms with Gasteiger partial charge in [-0.25, -0.2) is 13.6 Å². The van der Waals surface area contributed by atoms with E-state index in [0.29, 0.717) is 19.8 Å². The molecule has 8 heteroatoms. The van der Waals surface area contributed by atoms with Crippen molar-refractivity contribution in [3.8, 4) is 0 Å². The van der Waals surface area contributed by atoms with Gasteiger partial charge in [0.2, 0.25) is 10.0 Å². The van der Waals surface area contributed by atoms with Crippen molar-refractivity contribution in [2.24, 2.45) is 5.14 Å². The van der Waals surface area contributed by atoms with Crippen molar-refractivity contribution in [2.45, 2.75) is 11.8 Å². The number of carbonyl (C=O) groups is 1. The maximum atomic E-state index is 12.3. The van der Waals surface area contributed by atoms with Crippen molar-refractivity contribution >= 4 is 27.5 Å². The zero-order valence-corrected chi connectivity index (χ0v) is 12.9. The van der Waals surface area contributed by atoms with Crippen LogP contribution in [-0.2, 0) is 14.8 Å². The summed E-state index contributed by atoms with van der Waals surface area (Å²) in [4.78, 5) is 13.4. The fourth-order valence-electron chi connectivity index (χ4n) is 1.59. The minimum atomic E-state index is -4.02. The summed E-state index contributed by atoms with van der Waals surface area (Å²) in [6.07, 6.45) is 0. The van der Waals surface area contributed by atoms with Gasteiger partial charge in [-0.3, -0.25) is 4.79 Å². The van der Waals surface area contributed by atoms with E-state index in [0.717, 1.165) is 0 Å². The summed E-state index contributed by atoms with van der Waals surface area (Å²) < 4.78 is 28.2. The number of sulfonamides is 1. The number of amides is 1. The number of halogens is 1. The Bertz CT molecular complexity index is 589. The largest absolute Gasteiger partial charge is 0.380 e. The molecule has 0 spiro atoms. The first-order valence-electron chi connectivity index (χ1n) is 5.93. The highest BCUT2D eigenvalue weighted by Gasteiger charge is 2.24. The molecule has 0 aliphatic rings. The molecule has 0 atom stereocenters. The minimum absolute atomic E-state index is 0.0461. The van der Waals surface area contributed by atoms with Crippen molar-refractivity contribution in [3.05, 3.63) is 28.8 Å². The van der Waals surface area contributed by atoms with Crippen LogP contribution >= 0.6 is 11.6 Å². The van der Waals surface area contributed by atoms with Crippen LogP contribution in [0.3, 0.4) is 0 Å². The maximum absolute atomic E-state index is 12.3. The molecule has 2 N–H and O–H groups in total. The maximum Gasteiger partial charge on any atom is 0.256 e. The molecule has 0 saturated carbocycles. The number of hydrogen-bond acceptors (Lipinski definition) is 4. The number of likely N-dealkylation sites (N-methyl/N-ethyl adjacent to an activating group) is 1. The highest BCUT2D eigenvalue weighted by Crippen LogP contribution is 2.24. The number of nitrogens with zero attached hydrogens (tertiary/aromatic N) is 1. The van der Waals surface area contributed by atoms with Crippen molar-refractivity contribution in [3.63, 3.8) is 0 Å². The summed E-state index contributed by atoms with van der Waals surface area (Å²) in [5, 5.41) is 5.15. The lowest BCUT2D eigenvalue weighted by atomic mass is 10.2. The van der Waals surface area contributed by atoms with Crippen molar-refractivity contribution in [2.75, 3.05) is 26.8 Å². The molecule has 1 amide bonds. The van der Waals surface area contributed by atoms with Crippen LogP contribution in [0.15, 0.2) is 23.1 Å². The van der Waals surface area contributed by atoms with Gasteiger partial charge in [0.1, 0.15) is 0 Å². The normalized spacial score (nSPS) is 11.4. The number of carbonyl (C=O) groups excluding carboxylic acids is 1. The van der Waals surface area contributed by atoms with Crippen LogP contribution in [0.1, 0.15) is 17.3 Å². The Morgan fingerprint density at radius 3 is 2.65 bits per heavy atom. The number of benzene rings is 1. The average molecular weight is 321 g/mol. The second-order valence-corrected chi connectivity index (χ2v) is 6.02. The van der Waals surface area contributed by atoms with E-state index in [-0.39, 0.29) is 15.5 Å². The third-order valence-corrected chi connectivity index (χ3v) is 3.89. The Labute approximate surface area is 123 Å². The van der Waals surface area contributed by atoms with Crippen LogP contribution in [0.4, 0.5) is 0 Å². The van der Waals surface area contributed by atoms with E-state index in [2.05, 4.69) is 0 Å². The topological polar surface area (TPSA) is 89.7 Å². The average Bonchev–Trinajstić information content (AvgIpc) is 2.36. The van der Waals surface area contributed by atoms with Crippen LogP contribution < -0.4 is 5.14 Å². The second kappa shape index (κ2) is 7.03.